The van der Waals surface area contributed by atoms with Gasteiger partial charge in [-0.25, -0.2) is 14.6 Å². The molecule has 0 saturated carbocycles. The number of aromatic nitrogens is 4. The van der Waals surface area contributed by atoms with Crippen LogP contribution in [0.5, 0.6) is 0 Å². The van der Waals surface area contributed by atoms with E-state index in [4.69, 9.17) is 14.7 Å². The number of benzene rings is 1. The van der Waals surface area contributed by atoms with Gasteiger partial charge in [0, 0.05) is 51.7 Å². The predicted octanol–water partition coefficient (Wildman–Crippen LogP) is 3.16. The number of hydrogen-bond donors (Lipinski definition) is 0. The van der Waals surface area contributed by atoms with E-state index in [-0.39, 0.29) is 5.91 Å². The van der Waals surface area contributed by atoms with Gasteiger partial charge in [0.05, 0.1) is 17.3 Å². The lowest BCUT2D eigenvalue weighted by molar-refractivity contribution is -0.131. The molecule has 4 heterocycles. The molecule has 5 rings (SSSR count). The summed E-state index contributed by atoms with van der Waals surface area (Å²) < 4.78 is 7.47. The lowest BCUT2D eigenvalue weighted by atomic mass is 9.99. The fourth-order valence-electron chi connectivity index (χ4n) is 4.59. The van der Waals surface area contributed by atoms with E-state index in [2.05, 4.69) is 10.00 Å². The Kier molecular flexibility index (Phi) is 6.03. The number of para-hydroxylation sites is 1. The molecule has 2 aliphatic rings. The summed E-state index contributed by atoms with van der Waals surface area (Å²) in [7, 11) is 0. The summed E-state index contributed by atoms with van der Waals surface area (Å²) in [6.07, 6.45) is 5.25. The first-order valence-electron chi connectivity index (χ1n) is 11.7. The van der Waals surface area contributed by atoms with Crippen molar-refractivity contribution in [1.82, 2.24) is 24.6 Å². The zero-order chi connectivity index (χ0) is 21.9. The molecule has 2 aliphatic heterocycles. The van der Waals surface area contributed by atoms with Crippen molar-refractivity contribution in [2.24, 2.45) is 0 Å². The van der Waals surface area contributed by atoms with Crippen LogP contribution < -0.4 is 4.90 Å². The molecule has 168 valence electrons. The van der Waals surface area contributed by atoms with Crippen LogP contribution >= 0.6 is 0 Å². The third kappa shape index (κ3) is 4.07. The zero-order valence-electron chi connectivity index (χ0n) is 18.6. The van der Waals surface area contributed by atoms with Gasteiger partial charge in [-0.05, 0) is 31.4 Å². The molecule has 0 atom stereocenters. The van der Waals surface area contributed by atoms with Gasteiger partial charge >= 0.3 is 0 Å². The molecular weight excluding hydrogens is 404 g/mol. The average molecular weight is 435 g/mol. The number of ether oxygens (including phenoxy) is 1. The maximum atomic E-state index is 12.3. The van der Waals surface area contributed by atoms with Crippen molar-refractivity contribution >= 4 is 22.8 Å². The van der Waals surface area contributed by atoms with Crippen LogP contribution in [0.1, 0.15) is 44.3 Å². The van der Waals surface area contributed by atoms with E-state index in [1.807, 2.05) is 53.0 Å². The Morgan fingerprint density at radius 1 is 1.06 bits per heavy atom. The van der Waals surface area contributed by atoms with Crippen molar-refractivity contribution in [3.05, 3.63) is 42.4 Å². The van der Waals surface area contributed by atoms with Gasteiger partial charge in [0.15, 0.2) is 5.65 Å². The van der Waals surface area contributed by atoms with Crippen molar-refractivity contribution in [3.63, 3.8) is 0 Å². The summed E-state index contributed by atoms with van der Waals surface area (Å²) in [5.74, 6) is 2.34. The van der Waals surface area contributed by atoms with E-state index in [0.29, 0.717) is 12.3 Å². The lowest BCUT2D eigenvalue weighted by Gasteiger charge is -2.36. The number of rotatable bonds is 5. The number of anilines is 1. The molecule has 0 bridgehead atoms. The van der Waals surface area contributed by atoms with E-state index in [1.165, 1.54) is 0 Å². The first-order valence-corrected chi connectivity index (χ1v) is 11.7. The molecule has 0 spiro atoms. The van der Waals surface area contributed by atoms with Gasteiger partial charge in [-0.3, -0.25) is 4.79 Å². The molecule has 3 aromatic rings. The van der Waals surface area contributed by atoms with Crippen LogP contribution in [0.4, 0.5) is 5.82 Å². The first-order chi connectivity index (χ1) is 15.7. The van der Waals surface area contributed by atoms with Crippen LogP contribution in [0.25, 0.3) is 16.7 Å². The summed E-state index contributed by atoms with van der Waals surface area (Å²) in [4.78, 5) is 26.7. The molecule has 1 amide bonds. The van der Waals surface area contributed by atoms with Crippen LogP contribution in [0, 0.1) is 0 Å². The van der Waals surface area contributed by atoms with Gasteiger partial charge in [-0.2, -0.15) is 5.10 Å². The lowest BCUT2D eigenvalue weighted by Crippen LogP contribution is -2.49. The van der Waals surface area contributed by atoms with E-state index in [0.717, 1.165) is 87.0 Å². The molecule has 0 aliphatic carbocycles. The smallest absolute Gasteiger partial charge is 0.222 e. The number of carbonyl (C=O) groups excluding carboxylic acids is 1. The van der Waals surface area contributed by atoms with Gasteiger partial charge in [0.1, 0.15) is 11.6 Å². The second-order valence-corrected chi connectivity index (χ2v) is 8.54. The van der Waals surface area contributed by atoms with E-state index in [9.17, 15) is 4.79 Å². The highest BCUT2D eigenvalue weighted by Gasteiger charge is 2.27. The number of carbonyl (C=O) groups is 1. The van der Waals surface area contributed by atoms with Crippen molar-refractivity contribution in [1.29, 1.82) is 0 Å². The average Bonchev–Trinajstić information content (AvgIpc) is 3.29. The Morgan fingerprint density at radius 3 is 2.53 bits per heavy atom. The Morgan fingerprint density at radius 2 is 1.81 bits per heavy atom. The van der Waals surface area contributed by atoms with Gasteiger partial charge in [-0.1, -0.05) is 25.1 Å². The van der Waals surface area contributed by atoms with E-state index in [1.54, 1.807) is 0 Å². The molecule has 2 fully saturated rings. The predicted molar refractivity (Wildman–Crippen MR) is 123 cm³/mol. The second-order valence-electron chi connectivity index (χ2n) is 8.54. The maximum absolute atomic E-state index is 12.3. The summed E-state index contributed by atoms with van der Waals surface area (Å²) in [5, 5.41) is 5.63. The highest BCUT2D eigenvalue weighted by atomic mass is 16.5. The number of piperazine rings is 1. The van der Waals surface area contributed by atoms with Gasteiger partial charge in [-0.15, -0.1) is 0 Å². The van der Waals surface area contributed by atoms with Gasteiger partial charge < -0.3 is 14.5 Å². The van der Waals surface area contributed by atoms with Crippen molar-refractivity contribution in [2.45, 2.75) is 38.5 Å². The highest BCUT2D eigenvalue weighted by Crippen LogP contribution is 2.31. The standard InChI is InChI=1S/C24H30N6O2/c1-2-6-21(31)28-11-13-29(14-12-28)23-20-17-25-30(19-7-4-3-5-8-19)24(20)27-22(26-23)18-9-15-32-16-10-18/h3-5,7-8,17-18H,2,6,9-16H2,1H3. The number of nitrogens with zero attached hydrogens (tertiary/aromatic N) is 6. The van der Waals surface area contributed by atoms with Gasteiger partial charge in [0.2, 0.25) is 5.91 Å². The van der Waals surface area contributed by atoms with E-state index >= 15 is 0 Å². The van der Waals surface area contributed by atoms with Crippen LogP contribution in [0.3, 0.4) is 0 Å². The minimum Gasteiger partial charge on any atom is -0.381 e. The third-order valence-electron chi connectivity index (χ3n) is 6.41. The minimum atomic E-state index is 0.250. The Bertz CT molecular complexity index is 1070. The highest BCUT2D eigenvalue weighted by molar-refractivity contribution is 5.88. The molecule has 1 aromatic carbocycles. The molecule has 8 heteroatoms. The minimum absolute atomic E-state index is 0.250. The maximum Gasteiger partial charge on any atom is 0.222 e. The summed E-state index contributed by atoms with van der Waals surface area (Å²) >= 11 is 0. The molecule has 32 heavy (non-hydrogen) atoms. The Balaban J connectivity index is 1.51. The monoisotopic (exact) mass is 434 g/mol. The molecule has 0 N–H and O–H groups in total. The normalized spacial score (nSPS) is 17.8. The summed E-state index contributed by atoms with van der Waals surface area (Å²) in [6.45, 7) is 6.53. The van der Waals surface area contributed by atoms with Crippen LogP contribution in [0.2, 0.25) is 0 Å². The molecule has 2 aromatic heterocycles. The zero-order valence-corrected chi connectivity index (χ0v) is 18.6. The van der Waals surface area contributed by atoms with Gasteiger partial charge in [0.25, 0.3) is 0 Å². The molecule has 8 nitrogen and oxygen atoms in total. The SMILES string of the molecule is CCCC(=O)N1CCN(c2nc(C3CCOCC3)nc3c2cnn3-c2ccccc2)CC1. The largest absolute Gasteiger partial charge is 0.381 e. The number of fused-ring (bicyclic) bond motifs is 1. The quantitative estimate of drug-likeness (QED) is 0.614. The molecule has 2 saturated heterocycles. The Hall–Kier alpha value is -3.00. The van der Waals surface area contributed by atoms with Crippen LogP contribution in [-0.2, 0) is 9.53 Å². The second kappa shape index (κ2) is 9.24. The fraction of sp³-hybridized carbons (Fsp3) is 0.500. The molecule has 0 unspecified atom stereocenters. The molecule has 0 radical (unpaired) electrons. The Labute approximate surface area is 188 Å². The number of amides is 1. The topological polar surface area (TPSA) is 76.4 Å². The van der Waals surface area contributed by atoms with Crippen molar-refractivity contribution < 1.29 is 9.53 Å². The number of hydrogen-bond acceptors (Lipinski definition) is 6. The summed E-state index contributed by atoms with van der Waals surface area (Å²) in [6, 6.07) is 10.1. The van der Waals surface area contributed by atoms with E-state index < -0.39 is 0 Å². The third-order valence-corrected chi connectivity index (χ3v) is 6.41. The molecular formula is C24H30N6O2. The van der Waals surface area contributed by atoms with Crippen molar-refractivity contribution in [2.75, 3.05) is 44.3 Å². The van der Waals surface area contributed by atoms with Crippen molar-refractivity contribution in [3.8, 4) is 5.69 Å². The first kappa shape index (κ1) is 20.9. The fourth-order valence-corrected chi connectivity index (χ4v) is 4.59. The van der Waals surface area contributed by atoms with Crippen LogP contribution in [0.15, 0.2) is 36.5 Å². The van der Waals surface area contributed by atoms with Crippen LogP contribution in [-0.4, -0.2) is 69.9 Å². The summed E-state index contributed by atoms with van der Waals surface area (Å²) in [5.41, 5.74) is 1.83.